The van der Waals surface area contributed by atoms with Crippen molar-refractivity contribution in [3.63, 3.8) is 0 Å². The van der Waals surface area contributed by atoms with Crippen molar-refractivity contribution < 1.29 is 13.9 Å². The summed E-state index contributed by atoms with van der Waals surface area (Å²) in [6.45, 7) is 5.52. The largest absolute Gasteiger partial charge is 0.466 e. The first-order valence-corrected chi connectivity index (χ1v) is 6.91. The van der Waals surface area contributed by atoms with E-state index in [0.717, 1.165) is 11.3 Å². The molecule has 0 radical (unpaired) electrons. The van der Waals surface area contributed by atoms with Gasteiger partial charge in [0.05, 0.1) is 5.69 Å². The molecule has 1 aromatic heterocycles. The highest BCUT2D eigenvalue weighted by molar-refractivity contribution is 5.77. The fraction of sp³-hybridized carbons (Fsp3) is 0.312. The molecule has 5 nitrogen and oxygen atoms in total. The Kier molecular flexibility index (Phi) is 5.04. The standard InChI is InChI=1S/C16H18FN3O2/c1-10-4-5-13(7-14(10)17)8-18-15(21)9-22-16-6-11(2)12(3)19-20-16/h4-7H,8-9H2,1-3H3,(H,18,21). The lowest BCUT2D eigenvalue weighted by molar-refractivity contribution is -0.123. The summed E-state index contributed by atoms with van der Waals surface area (Å²) in [5, 5.41) is 10.4. The van der Waals surface area contributed by atoms with E-state index in [1.807, 2.05) is 13.8 Å². The normalized spacial score (nSPS) is 10.4. The summed E-state index contributed by atoms with van der Waals surface area (Å²) in [4.78, 5) is 11.7. The number of hydrogen-bond donors (Lipinski definition) is 1. The molecule has 22 heavy (non-hydrogen) atoms. The lowest BCUT2D eigenvalue weighted by atomic mass is 10.1. The van der Waals surface area contributed by atoms with Gasteiger partial charge < -0.3 is 10.1 Å². The van der Waals surface area contributed by atoms with Gasteiger partial charge in [0.15, 0.2) is 6.61 Å². The van der Waals surface area contributed by atoms with Crippen LogP contribution in [0.15, 0.2) is 24.3 Å². The topological polar surface area (TPSA) is 64.1 Å². The van der Waals surface area contributed by atoms with Gasteiger partial charge in [-0.2, -0.15) is 5.10 Å². The molecule has 0 saturated heterocycles. The molecule has 1 heterocycles. The summed E-state index contributed by atoms with van der Waals surface area (Å²) in [5.74, 6) is -0.283. The van der Waals surface area contributed by atoms with Crippen molar-refractivity contribution in [1.82, 2.24) is 15.5 Å². The molecule has 0 unspecified atom stereocenters. The zero-order chi connectivity index (χ0) is 16.1. The second kappa shape index (κ2) is 6.98. The minimum atomic E-state index is -0.305. The van der Waals surface area contributed by atoms with Crippen molar-refractivity contribution in [1.29, 1.82) is 0 Å². The van der Waals surface area contributed by atoms with Gasteiger partial charge in [0.25, 0.3) is 5.91 Å². The molecule has 2 aromatic rings. The van der Waals surface area contributed by atoms with Crippen LogP contribution in [0.2, 0.25) is 0 Å². The second-order valence-corrected chi connectivity index (χ2v) is 5.10. The Bertz CT molecular complexity index is 632. The van der Waals surface area contributed by atoms with Gasteiger partial charge in [-0.25, -0.2) is 4.39 Å². The Labute approximate surface area is 128 Å². The average Bonchev–Trinajstić information content (AvgIpc) is 2.49. The number of carbonyl (C=O) groups excluding carboxylic acids is 1. The van der Waals surface area contributed by atoms with E-state index in [4.69, 9.17) is 4.74 Å². The molecule has 0 aliphatic rings. The molecule has 0 atom stereocenters. The maximum atomic E-state index is 13.4. The summed E-state index contributed by atoms with van der Waals surface area (Å²) >= 11 is 0. The fourth-order valence-electron chi connectivity index (χ4n) is 1.73. The molecule has 6 heteroatoms. The van der Waals surface area contributed by atoms with E-state index in [1.54, 1.807) is 25.1 Å². The number of amides is 1. The average molecular weight is 303 g/mol. The van der Waals surface area contributed by atoms with Crippen LogP contribution in [0.1, 0.15) is 22.4 Å². The number of carbonyl (C=O) groups is 1. The number of halogens is 1. The molecule has 0 aliphatic heterocycles. The van der Waals surface area contributed by atoms with E-state index in [0.29, 0.717) is 17.0 Å². The summed E-state index contributed by atoms with van der Waals surface area (Å²) in [7, 11) is 0. The van der Waals surface area contributed by atoms with Crippen molar-refractivity contribution in [3.05, 3.63) is 52.5 Å². The zero-order valence-electron chi connectivity index (χ0n) is 12.8. The number of nitrogens with one attached hydrogen (secondary N) is 1. The van der Waals surface area contributed by atoms with Crippen LogP contribution in [0.4, 0.5) is 4.39 Å². The SMILES string of the molecule is Cc1ccc(CNC(=O)COc2cc(C)c(C)nn2)cc1F. The van der Waals surface area contributed by atoms with E-state index in [9.17, 15) is 9.18 Å². The lowest BCUT2D eigenvalue weighted by Gasteiger charge is -2.08. The van der Waals surface area contributed by atoms with Gasteiger partial charge in [0.1, 0.15) is 5.82 Å². The number of ether oxygens (including phenoxy) is 1. The number of benzene rings is 1. The van der Waals surface area contributed by atoms with E-state index in [2.05, 4.69) is 15.5 Å². The van der Waals surface area contributed by atoms with Crippen molar-refractivity contribution in [3.8, 4) is 5.88 Å². The molecule has 1 amide bonds. The minimum Gasteiger partial charge on any atom is -0.466 e. The quantitative estimate of drug-likeness (QED) is 0.920. The van der Waals surface area contributed by atoms with Crippen molar-refractivity contribution >= 4 is 5.91 Å². The number of nitrogens with zero attached hydrogens (tertiary/aromatic N) is 2. The molecule has 0 spiro atoms. The van der Waals surface area contributed by atoms with E-state index in [-0.39, 0.29) is 24.9 Å². The molecular weight excluding hydrogens is 285 g/mol. The summed E-state index contributed by atoms with van der Waals surface area (Å²) in [5.41, 5.74) is 3.04. The Hall–Kier alpha value is -2.50. The van der Waals surface area contributed by atoms with E-state index >= 15 is 0 Å². The molecule has 1 aromatic carbocycles. The highest BCUT2D eigenvalue weighted by Gasteiger charge is 2.06. The molecule has 0 bridgehead atoms. The Balaban J connectivity index is 1.82. The highest BCUT2D eigenvalue weighted by atomic mass is 19.1. The van der Waals surface area contributed by atoms with Crippen LogP contribution < -0.4 is 10.1 Å². The monoisotopic (exact) mass is 303 g/mol. The van der Waals surface area contributed by atoms with Gasteiger partial charge in [-0.3, -0.25) is 4.79 Å². The summed E-state index contributed by atoms with van der Waals surface area (Å²) in [6, 6.07) is 6.59. The molecule has 0 aliphatic carbocycles. The van der Waals surface area contributed by atoms with Gasteiger partial charge in [0, 0.05) is 12.6 Å². The smallest absolute Gasteiger partial charge is 0.258 e. The predicted octanol–water partition coefficient (Wildman–Crippen LogP) is 2.24. The second-order valence-electron chi connectivity index (χ2n) is 5.10. The van der Waals surface area contributed by atoms with Gasteiger partial charge in [-0.1, -0.05) is 12.1 Å². The fourth-order valence-corrected chi connectivity index (χ4v) is 1.73. The molecule has 1 N–H and O–H groups in total. The number of aryl methyl sites for hydroxylation is 3. The van der Waals surface area contributed by atoms with E-state index in [1.165, 1.54) is 6.07 Å². The lowest BCUT2D eigenvalue weighted by Crippen LogP contribution is -2.28. The molecule has 0 fully saturated rings. The van der Waals surface area contributed by atoms with Crippen LogP contribution >= 0.6 is 0 Å². The minimum absolute atomic E-state index is 0.161. The molecule has 2 rings (SSSR count). The third-order valence-corrected chi connectivity index (χ3v) is 3.29. The Morgan fingerprint density at radius 2 is 1.95 bits per heavy atom. The van der Waals surface area contributed by atoms with Gasteiger partial charge in [-0.05, 0) is 43.5 Å². The molecule has 0 saturated carbocycles. The van der Waals surface area contributed by atoms with Crippen molar-refractivity contribution in [2.45, 2.75) is 27.3 Å². The molecule has 116 valence electrons. The third-order valence-electron chi connectivity index (χ3n) is 3.29. The van der Waals surface area contributed by atoms with E-state index < -0.39 is 0 Å². The predicted molar refractivity (Wildman–Crippen MR) is 80.0 cm³/mol. The van der Waals surface area contributed by atoms with Crippen molar-refractivity contribution in [2.75, 3.05) is 6.61 Å². The van der Waals surface area contributed by atoms with Gasteiger partial charge >= 0.3 is 0 Å². The summed E-state index contributed by atoms with van der Waals surface area (Å²) in [6.07, 6.45) is 0. The first-order valence-electron chi connectivity index (χ1n) is 6.91. The third kappa shape index (κ3) is 4.25. The number of aromatic nitrogens is 2. The first kappa shape index (κ1) is 15.9. The highest BCUT2D eigenvalue weighted by Crippen LogP contribution is 2.10. The van der Waals surface area contributed by atoms with Crippen LogP contribution in [-0.4, -0.2) is 22.7 Å². The molecular formula is C16H18FN3O2. The van der Waals surface area contributed by atoms with Gasteiger partial charge in [0.2, 0.25) is 5.88 Å². The number of rotatable bonds is 5. The van der Waals surface area contributed by atoms with Crippen LogP contribution in [0.3, 0.4) is 0 Å². The Morgan fingerprint density at radius 1 is 1.18 bits per heavy atom. The maximum Gasteiger partial charge on any atom is 0.258 e. The van der Waals surface area contributed by atoms with Gasteiger partial charge in [-0.15, -0.1) is 5.10 Å². The van der Waals surface area contributed by atoms with Crippen LogP contribution in [-0.2, 0) is 11.3 Å². The van der Waals surface area contributed by atoms with Crippen LogP contribution in [0.5, 0.6) is 5.88 Å². The van der Waals surface area contributed by atoms with Crippen LogP contribution in [0.25, 0.3) is 0 Å². The first-order chi connectivity index (χ1) is 10.5. The zero-order valence-corrected chi connectivity index (χ0v) is 12.8. The summed E-state index contributed by atoms with van der Waals surface area (Å²) < 4.78 is 18.7. The van der Waals surface area contributed by atoms with Crippen LogP contribution in [0, 0.1) is 26.6 Å². The maximum absolute atomic E-state index is 13.4. The van der Waals surface area contributed by atoms with Crippen molar-refractivity contribution in [2.24, 2.45) is 0 Å². The number of hydrogen-bond acceptors (Lipinski definition) is 4. The Morgan fingerprint density at radius 3 is 2.64 bits per heavy atom.